The molecule has 0 aliphatic carbocycles. The van der Waals surface area contributed by atoms with Crippen LogP contribution in [0.1, 0.15) is 12.5 Å². The van der Waals surface area contributed by atoms with Gasteiger partial charge in [-0.3, -0.25) is 9.59 Å². The molecule has 1 heterocycles. The summed E-state index contributed by atoms with van der Waals surface area (Å²) in [6.45, 7) is 3.86. The number of fused-ring (bicyclic) bond motifs is 1. The third-order valence-electron chi connectivity index (χ3n) is 5.03. The molecule has 1 N–H and O–H groups in total. The lowest BCUT2D eigenvalue weighted by atomic mass is 10.1. The van der Waals surface area contributed by atoms with E-state index in [1.165, 1.54) is 6.07 Å². The quantitative estimate of drug-likeness (QED) is 0.315. The summed E-state index contributed by atoms with van der Waals surface area (Å²) in [5.74, 6) is 0.376. The topological polar surface area (TPSA) is 77.8 Å². The van der Waals surface area contributed by atoms with Crippen LogP contribution in [0.4, 0.5) is 5.69 Å². The maximum Gasteiger partial charge on any atom is 0.262 e. The number of nitrogens with one attached hydrogen (secondary N) is 1. The molecule has 0 aliphatic heterocycles. The van der Waals surface area contributed by atoms with Crippen molar-refractivity contribution in [1.82, 2.24) is 0 Å². The second-order valence-electron chi connectivity index (χ2n) is 7.49. The first-order valence-electron chi connectivity index (χ1n) is 10.5. The van der Waals surface area contributed by atoms with Gasteiger partial charge < -0.3 is 19.2 Å². The van der Waals surface area contributed by atoms with Gasteiger partial charge in [0, 0.05) is 21.3 Å². The predicted molar refractivity (Wildman–Crippen MR) is 134 cm³/mol. The molecular weight excluding hydrogens is 477 g/mol. The Morgan fingerprint density at radius 2 is 1.71 bits per heavy atom. The highest BCUT2D eigenvalue weighted by Gasteiger charge is 2.20. The largest absolute Gasteiger partial charge is 0.494 e. The number of aryl methyl sites for hydroxylation is 1. The Balaban J connectivity index is 1.64. The molecule has 174 valence electrons. The minimum Gasteiger partial charge on any atom is -0.494 e. The first kappa shape index (κ1) is 23.7. The van der Waals surface area contributed by atoms with Crippen molar-refractivity contribution in [2.45, 2.75) is 13.8 Å². The Hall–Kier alpha value is -3.48. The van der Waals surface area contributed by atoms with Gasteiger partial charge in [-0.1, -0.05) is 23.2 Å². The third kappa shape index (κ3) is 5.19. The molecule has 4 aromatic rings. The van der Waals surface area contributed by atoms with Crippen molar-refractivity contribution in [3.05, 3.63) is 86.5 Å². The van der Waals surface area contributed by atoms with Gasteiger partial charge >= 0.3 is 0 Å². The Bertz CT molecular complexity index is 1400. The summed E-state index contributed by atoms with van der Waals surface area (Å²) in [4.78, 5) is 25.8. The van der Waals surface area contributed by atoms with Crippen LogP contribution in [-0.2, 0) is 4.79 Å². The van der Waals surface area contributed by atoms with Gasteiger partial charge in [-0.05, 0) is 80.1 Å². The van der Waals surface area contributed by atoms with E-state index in [0.717, 1.165) is 5.56 Å². The molecule has 1 amide bonds. The number of hydrogen-bond acceptors (Lipinski definition) is 5. The van der Waals surface area contributed by atoms with Crippen molar-refractivity contribution in [2.75, 3.05) is 18.5 Å². The average molecular weight is 498 g/mol. The fraction of sp³-hybridized carbons (Fsp3) is 0.154. The number of ether oxygens (including phenoxy) is 2. The number of amides is 1. The van der Waals surface area contributed by atoms with E-state index in [1.54, 1.807) is 54.6 Å². The molecule has 0 aliphatic rings. The molecule has 0 radical (unpaired) electrons. The molecule has 4 rings (SSSR count). The number of carbonyl (C=O) groups excluding carboxylic acids is 1. The number of benzene rings is 3. The fourth-order valence-electron chi connectivity index (χ4n) is 3.36. The maximum atomic E-state index is 13.3. The zero-order chi connectivity index (χ0) is 24.2. The van der Waals surface area contributed by atoms with Crippen LogP contribution in [0.25, 0.3) is 22.3 Å². The Labute approximate surface area is 206 Å². The van der Waals surface area contributed by atoms with Crippen LogP contribution in [0, 0.1) is 6.92 Å². The first-order chi connectivity index (χ1) is 16.4. The maximum absolute atomic E-state index is 13.3. The zero-order valence-corrected chi connectivity index (χ0v) is 20.0. The van der Waals surface area contributed by atoms with Crippen LogP contribution >= 0.6 is 23.2 Å². The molecule has 0 saturated heterocycles. The zero-order valence-electron chi connectivity index (χ0n) is 18.5. The Morgan fingerprint density at radius 3 is 2.38 bits per heavy atom. The van der Waals surface area contributed by atoms with Crippen molar-refractivity contribution in [2.24, 2.45) is 0 Å². The van der Waals surface area contributed by atoms with E-state index in [9.17, 15) is 9.59 Å². The smallest absolute Gasteiger partial charge is 0.262 e. The summed E-state index contributed by atoms with van der Waals surface area (Å²) in [5.41, 5.74) is 1.86. The van der Waals surface area contributed by atoms with Crippen LogP contribution < -0.4 is 20.2 Å². The third-order valence-corrected chi connectivity index (χ3v) is 5.69. The van der Waals surface area contributed by atoms with Crippen LogP contribution in [0.3, 0.4) is 0 Å². The van der Waals surface area contributed by atoms with Crippen LogP contribution in [0.5, 0.6) is 11.5 Å². The van der Waals surface area contributed by atoms with Gasteiger partial charge in [0.2, 0.25) is 11.2 Å². The van der Waals surface area contributed by atoms with Gasteiger partial charge in [-0.2, -0.15) is 0 Å². The minimum atomic E-state index is -0.437. The van der Waals surface area contributed by atoms with Crippen LogP contribution in [0.15, 0.2) is 69.9 Å². The number of halogens is 2. The second kappa shape index (κ2) is 10.2. The van der Waals surface area contributed by atoms with E-state index >= 15 is 0 Å². The number of carbonyl (C=O) groups is 1. The molecule has 34 heavy (non-hydrogen) atoms. The van der Waals surface area contributed by atoms with Gasteiger partial charge in [0.1, 0.15) is 11.3 Å². The van der Waals surface area contributed by atoms with Crippen LogP contribution in [0.2, 0.25) is 10.0 Å². The molecule has 6 nitrogen and oxygen atoms in total. The molecular formula is C26H21Cl2NO5. The molecule has 0 bridgehead atoms. The minimum absolute atomic E-state index is 0.0865. The molecule has 3 aromatic carbocycles. The highest BCUT2D eigenvalue weighted by atomic mass is 35.5. The normalized spacial score (nSPS) is 10.8. The molecule has 8 heteroatoms. The summed E-state index contributed by atoms with van der Waals surface area (Å²) in [7, 11) is 0. The van der Waals surface area contributed by atoms with Gasteiger partial charge in [0.25, 0.3) is 5.91 Å². The van der Waals surface area contributed by atoms with E-state index in [1.807, 2.05) is 13.8 Å². The number of hydrogen-bond donors (Lipinski definition) is 1. The van der Waals surface area contributed by atoms with E-state index in [2.05, 4.69) is 5.32 Å². The lowest BCUT2D eigenvalue weighted by molar-refractivity contribution is -0.118. The average Bonchev–Trinajstić information content (AvgIpc) is 2.82. The van der Waals surface area contributed by atoms with E-state index < -0.39 is 17.9 Å². The van der Waals surface area contributed by atoms with Crippen molar-refractivity contribution in [3.8, 4) is 22.8 Å². The van der Waals surface area contributed by atoms with E-state index in [0.29, 0.717) is 39.2 Å². The van der Waals surface area contributed by atoms with E-state index in [-0.39, 0.29) is 16.9 Å². The Kier molecular flexibility index (Phi) is 7.10. The highest BCUT2D eigenvalue weighted by Crippen LogP contribution is 2.33. The SMILES string of the molecule is CCOc1ccc(NC(=O)COc2c(-c3ccc(Cl)cc3)oc3cc(C)c(Cl)cc3c2=O)cc1. The molecule has 0 saturated carbocycles. The van der Waals surface area contributed by atoms with Crippen molar-refractivity contribution in [1.29, 1.82) is 0 Å². The van der Waals surface area contributed by atoms with Crippen molar-refractivity contribution in [3.63, 3.8) is 0 Å². The van der Waals surface area contributed by atoms with Gasteiger partial charge in [0.05, 0.1) is 12.0 Å². The van der Waals surface area contributed by atoms with Gasteiger partial charge in [-0.25, -0.2) is 0 Å². The lowest BCUT2D eigenvalue weighted by Crippen LogP contribution is -2.22. The van der Waals surface area contributed by atoms with Gasteiger partial charge in [-0.15, -0.1) is 0 Å². The Morgan fingerprint density at radius 1 is 1.00 bits per heavy atom. The lowest BCUT2D eigenvalue weighted by Gasteiger charge is -2.13. The highest BCUT2D eigenvalue weighted by molar-refractivity contribution is 6.32. The van der Waals surface area contributed by atoms with Crippen LogP contribution in [-0.4, -0.2) is 19.1 Å². The molecule has 0 unspecified atom stereocenters. The number of rotatable bonds is 7. The summed E-state index contributed by atoms with van der Waals surface area (Å²) in [5, 5.41) is 3.95. The monoisotopic (exact) mass is 497 g/mol. The van der Waals surface area contributed by atoms with Crippen molar-refractivity contribution < 1.29 is 18.7 Å². The molecule has 1 aromatic heterocycles. The molecule has 0 spiro atoms. The summed E-state index contributed by atoms with van der Waals surface area (Å²) >= 11 is 12.2. The summed E-state index contributed by atoms with van der Waals surface area (Å²) in [6.07, 6.45) is 0. The standard InChI is InChI=1S/C26H21Cl2NO5/c1-3-32-19-10-8-18(9-11-19)29-23(30)14-33-26-24(31)20-13-21(28)15(2)12-22(20)34-25(26)16-4-6-17(27)7-5-16/h4-13H,3,14H2,1-2H3,(H,29,30). The molecule has 0 atom stereocenters. The summed E-state index contributed by atoms with van der Waals surface area (Å²) in [6, 6.07) is 17.0. The van der Waals surface area contributed by atoms with Gasteiger partial charge in [0.15, 0.2) is 12.4 Å². The first-order valence-corrected chi connectivity index (χ1v) is 11.3. The van der Waals surface area contributed by atoms with Crippen molar-refractivity contribution >= 4 is 45.8 Å². The summed E-state index contributed by atoms with van der Waals surface area (Å²) < 4.78 is 17.2. The molecule has 0 fully saturated rings. The predicted octanol–water partition coefficient (Wildman–Crippen LogP) is 6.49. The number of anilines is 1. The second-order valence-corrected chi connectivity index (χ2v) is 8.33. The fourth-order valence-corrected chi connectivity index (χ4v) is 3.65. The van der Waals surface area contributed by atoms with E-state index in [4.69, 9.17) is 37.1 Å².